The van der Waals surface area contributed by atoms with Crippen molar-refractivity contribution in [2.24, 2.45) is 0 Å². The van der Waals surface area contributed by atoms with E-state index in [-0.39, 0.29) is 11.8 Å². The Bertz CT molecular complexity index is 280. The van der Waals surface area contributed by atoms with Crippen molar-refractivity contribution in [3.63, 3.8) is 0 Å². The molecule has 0 amide bonds. The van der Waals surface area contributed by atoms with Crippen LogP contribution in [0.2, 0.25) is 0 Å². The summed E-state index contributed by atoms with van der Waals surface area (Å²) in [6.07, 6.45) is -4.72. The molecule has 0 aromatic rings. The minimum absolute atomic E-state index is 0.239. The van der Waals surface area contributed by atoms with Gasteiger partial charge in [-0.2, -0.15) is 13.2 Å². The van der Waals surface area contributed by atoms with Crippen LogP contribution in [0.15, 0.2) is 11.8 Å². The van der Waals surface area contributed by atoms with Crippen LogP contribution in [0.1, 0.15) is 6.92 Å². The number of ketones is 1. The predicted molar refractivity (Wildman–Crippen MR) is 42.8 cm³/mol. The maximum atomic E-state index is 11.8. The van der Waals surface area contributed by atoms with Crippen molar-refractivity contribution < 1.29 is 32.2 Å². The summed E-state index contributed by atoms with van der Waals surface area (Å²) in [5.41, 5.74) is 0. The lowest BCUT2D eigenvalue weighted by atomic mass is 10.3. The second kappa shape index (κ2) is 5.38. The molecule has 0 heterocycles. The Labute approximate surface area is 83.7 Å². The van der Waals surface area contributed by atoms with Gasteiger partial charge in [0.05, 0.1) is 7.11 Å². The number of carbonyl (C=O) groups is 2. The molecule has 0 N–H and O–H groups in total. The van der Waals surface area contributed by atoms with E-state index in [1.54, 1.807) is 0 Å². The molecular weight excluding hydrogens is 217 g/mol. The predicted octanol–water partition coefficient (Wildman–Crippen LogP) is 1.21. The van der Waals surface area contributed by atoms with Crippen LogP contribution in [0.3, 0.4) is 0 Å². The van der Waals surface area contributed by atoms with Gasteiger partial charge in [-0.25, -0.2) is 0 Å². The van der Waals surface area contributed by atoms with Gasteiger partial charge < -0.3 is 9.47 Å². The van der Waals surface area contributed by atoms with E-state index < -0.39 is 24.5 Å². The molecule has 0 unspecified atom stereocenters. The summed E-state index contributed by atoms with van der Waals surface area (Å²) in [5.74, 6) is -3.11. The molecular formula is C8H9F3O4. The van der Waals surface area contributed by atoms with Crippen LogP contribution in [0, 0.1) is 0 Å². The number of rotatable bonds is 4. The van der Waals surface area contributed by atoms with Gasteiger partial charge in [-0.3, -0.25) is 9.59 Å². The average Bonchev–Trinajstić information content (AvgIpc) is 2.09. The number of carbonyl (C=O) groups excluding carboxylic acids is 2. The molecule has 0 bridgehead atoms. The monoisotopic (exact) mass is 226 g/mol. The molecule has 4 nitrogen and oxygen atoms in total. The Balaban J connectivity index is 4.46. The summed E-state index contributed by atoms with van der Waals surface area (Å²) in [6, 6.07) is 0. The fraction of sp³-hybridized carbons (Fsp3) is 0.500. The lowest BCUT2D eigenvalue weighted by Crippen LogP contribution is -2.21. The van der Waals surface area contributed by atoms with E-state index in [9.17, 15) is 22.8 Å². The van der Waals surface area contributed by atoms with E-state index in [0.29, 0.717) is 0 Å². The van der Waals surface area contributed by atoms with Gasteiger partial charge in [-0.1, -0.05) is 0 Å². The van der Waals surface area contributed by atoms with Crippen molar-refractivity contribution in [3.8, 4) is 0 Å². The van der Waals surface area contributed by atoms with Crippen LogP contribution in [0.25, 0.3) is 0 Å². The number of allylic oxidation sites excluding steroid dienone is 1. The number of hydrogen-bond donors (Lipinski definition) is 0. The van der Waals surface area contributed by atoms with Crippen LogP contribution in [0.4, 0.5) is 13.2 Å². The highest BCUT2D eigenvalue weighted by atomic mass is 19.4. The zero-order valence-corrected chi connectivity index (χ0v) is 8.05. The molecule has 0 atom stereocenters. The first-order chi connectivity index (χ1) is 6.77. The summed E-state index contributed by atoms with van der Waals surface area (Å²) >= 11 is 0. The Morgan fingerprint density at radius 1 is 1.33 bits per heavy atom. The highest BCUT2D eigenvalue weighted by molar-refractivity contribution is 5.94. The molecule has 0 aromatic heterocycles. The van der Waals surface area contributed by atoms with Gasteiger partial charge in [-0.15, -0.1) is 0 Å². The lowest BCUT2D eigenvalue weighted by Gasteiger charge is -2.06. The topological polar surface area (TPSA) is 52.6 Å². The molecule has 86 valence electrons. The highest BCUT2D eigenvalue weighted by Crippen LogP contribution is 2.17. The Morgan fingerprint density at radius 2 is 1.87 bits per heavy atom. The first-order valence-electron chi connectivity index (χ1n) is 3.76. The SMILES string of the molecule is CO/C(=C\C(=O)C(F)(F)F)COC(C)=O. The van der Waals surface area contributed by atoms with Crippen molar-refractivity contribution in [2.75, 3.05) is 13.7 Å². The molecule has 0 aliphatic rings. The quantitative estimate of drug-likeness (QED) is 0.410. The third-order valence-electron chi connectivity index (χ3n) is 1.25. The second-order valence-corrected chi connectivity index (χ2v) is 2.46. The third-order valence-corrected chi connectivity index (χ3v) is 1.25. The maximum absolute atomic E-state index is 11.8. The highest BCUT2D eigenvalue weighted by Gasteiger charge is 2.37. The Morgan fingerprint density at radius 3 is 2.20 bits per heavy atom. The van der Waals surface area contributed by atoms with Crippen LogP contribution in [-0.2, 0) is 19.1 Å². The fourth-order valence-electron chi connectivity index (χ4n) is 0.560. The van der Waals surface area contributed by atoms with E-state index in [1.165, 1.54) is 0 Å². The van der Waals surface area contributed by atoms with E-state index >= 15 is 0 Å². The summed E-state index contributed by atoms with van der Waals surface area (Å²) < 4.78 is 44.1. The molecule has 0 saturated heterocycles. The number of alkyl halides is 3. The molecule has 0 radical (unpaired) electrons. The minimum atomic E-state index is -4.96. The second-order valence-electron chi connectivity index (χ2n) is 2.46. The zero-order chi connectivity index (χ0) is 12.1. The van der Waals surface area contributed by atoms with Crippen molar-refractivity contribution in [3.05, 3.63) is 11.8 Å². The molecule has 0 aliphatic carbocycles. The molecule has 0 spiro atoms. The van der Waals surface area contributed by atoms with Gasteiger partial charge in [-0.05, 0) is 0 Å². The molecule has 7 heteroatoms. The largest absolute Gasteiger partial charge is 0.497 e. The van der Waals surface area contributed by atoms with E-state index in [4.69, 9.17) is 0 Å². The van der Waals surface area contributed by atoms with E-state index in [2.05, 4.69) is 9.47 Å². The van der Waals surface area contributed by atoms with E-state index in [1.807, 2.05) is 0 Å². The molecule has 0 fully saturated rings. The zero-order valence-electron chi connectivity index (χ0n) is 8.05. The normalized spacial score (nSPS) is 12.2. The van der Waals surface area contributed by atoms with Gasteiger partial charge >= 0.3 is 12.1 Å². The molecule has 0 saturated carbocycles. The fourth-order valence-corrected chi connectivity index (χ4v) is 0.560. The third kappa shape index (κ3) is 5.71. The minimum Gasteiger partial charge on any atom is -0.497 e. The van der Waals surface area contributed by atoms with Crippen LogP contribution >= 0.6 is 0 Å². The summed E-state index contributed by atoms with van der Waals surface area (Å²) in [7, 11) is 1.07. The number of halogens is 3. The number of esters is 1. The van der Waals surface area contributed by atoms with Crippen LogP contribution in [0.5, 0.6) is 0 Å². The first kappa shape index (κ1) is 13.5. The molecule has 15 heavy (non-hydrogen) atoms. The Hall–Kier alpha value is -1.53. The van der Waals surface area contributed by atoms with Gasteiger partial charge in [0.1, 0.15) is 12.4 Å². The van der Waals surface area contributed by atoms with Crippen LogP contribution < -0.4 is 0 Å². The van der Waals surface area contributed by atoms with Crippen molar-refractivity contribution in [2.45, 2.75) is 13.1 Å². The average molecular weight is 226 g/mol. The molecule has 0 aromatic carbocycles. The molecule has 0 aliphatic heterocycles. The van der Waals surface area contributed by atoms with Gasteiger partial charge in [0.2, 0.25) is 0 Å². The van der Waals surface area contributed by atoms with E-state index in [0.717, 1.165) is 14.0 Å². The number of ether oxygens (including phenoxy) is 2. The molecule has 0 rings (SSSR count). The van der Waals surface area contributed by atoms with Gasteiger partial charge in [0.25, 0.3) is 5.78 Å². The maximum Gasteiger partial charge on any atom is 0.454 e. The smallest absolute Gasteiger partial charge is 0.454 e. The van der Waals surface area contributed by atoms with Gasteiger partial charge in [0.15, 0.2) is 0 Å². The lowest BCUT2D eigenvalue weighted by molar-refractivity contribution is -0.165. The van der Waals surface area contributed by atoms with Gasteiger partial charge in [0, 0.05) is 13.0 Å². The summed E-state index contributed by atoms with van der Waals surface area (Å²) in [5, 5.41) is 0. The Kier molecular flexibility index (Phi) is 4.83. The number of hydrogen-bond acceptors (Lipinski definition) is 4. The summed E-state index contributed by atoms with van der Waals surface area (Å²) in [4.78, 5) is 20.8. The van der Waals surface area contributed by atoms with Crippen molar-refractivity contribution in [1.29, 1.82) is 0 Å². The van der Waals surface area contributed by atoms with Crippen molar-refractivity contribution in [1.82, 2.24) is 0 Å². The van der Waals surface area contributed by atoms with Crippen LogP contribution in [-0.4, -0.2) is 31.6 Å². The van der Waals surface area contributed by atoms with Crippen molar-refractivity contribution >= 4 is 11.8 Å². The number of methoxy groups -OCH3 is 1. The summed E-state index contributed by atoms with van der Waals surface area (Å²) in [6.45, 7) is 0.576. The standard InChI is InChI=1S/C8H9F3O4/c1-5(12)15-4-6(14-2)3-7(13)8(9,10)11/h3H,4H2,1-2H3/b6-3-. The first-order valence-corrected chi connectivity index (χ1v) is 3.76.